The molecule has 0 saturated heterocycles. The number of anilines is 1. The van der Waals surface area contributed by atoms with Gasteiger partial charge >= 0.3 is 0 Å². The van der Waals surface area contributed by atoms with Crippen LogP contribution < -0.4 is 24.3 Å². The van der Waals surface area contributed by atoms with Gasteiger partial charge in [-0.15, -0.1) is 0 Å². The predicted octanol–water partition coefficient (Wildman–Crippen LogP) is 3.89. The van der Waals surface area contributed by atoms with Gasteiger partial charge in [0.05, 0.1) is 5.56 Å². The van der Waals surface area contributed by atoms with Gasteiger partial charge < -0.3 is 28.8 Å². The van der Waals surface area contributed by atoms with Gasteiger partial charge in [0.15, 0.2) is 23.0 Å². The molecule has 1 aromatic heterocycles. The van der Waals surface area contributed by atoms with Crippen molar-refractivity contribution in [2.24, 2.45) is 0 Å². The van der Waals surface area contributed by atoms with Crippen molar-refractivity contribution in [1.82, 2.24) is 4.57 Å². The van der Waals surface area contributed by atoms with E-state index in [-0.39, 0.29) is 5.91 Å². The van der Waals surface area contributed by atoms with Gasteiger partial charge in [-0.2, -0.15) is 0 Å². The van der Waals surface area contributed by atoms with E-state index in [1.54, 1.807) is 6.07 Å². The molecule has 0 saturated carbocycles. The van der Waals surface area contributed by atoms with E-state index in [4.69, 9.17) is 18.9 Å². The van der Waals surface area contributed by atoms with Gasteiger partial charge in [0.25, 0.3) is 5.91 Å². The summed E-state index contributed by atoms with van der Waals surface area (Å²) in [5, 5.41) is 2.96. The highest BCUT2D eigenvalue weighted by Crippen LogP contribution is 2.35. The van der Waals surface area contributed by atoms with Crippen molar-refractivity contribution in [3.8, 4) is 28.7 Å². The molecule has 2 aliphatic heterocycles. The Morgan fingerprint density at radius 2 is 1.40 bits per heavy atom. The summed E-state index contributed by atoms with van der Waals surface area (Å²) >= 11 is 0. The zero-order valence-electron chi connectivity index (χ0n) is 16.9. The first-order valence-electron chi connectivity index (χ1n) is 9.90. The zero-order valence-corrected chi connectivity index (χ0v) is 16.9. The summed E-state index contributed by atoms with van der Waals surface area (Å²) < 4.78 is 24.5. The molecule has 0 fully saturated rings. The molecule has 2 aromatic carbocycles. The van der Waals surface area contributed by atoms with Crippen molar-refractivity contribution >= 4 is 11.6 Å². The summed E-state index contributed by atoms with van der Waals surface area (Å²) in [5.41, 5.74) is 3.99. The molecule has 3 heterocycles. The van der Waals surface area contributed by atoms with E-state index in [0.29, 0.717) is 54.9 Å². The van der Waals surface area contributed by atoms with Crippen molar-refractivity contribution in [1.29, 1.82) is 0 Å². The van der Waals surface area contributed by atoms with Gasteiger partial charge in [-0.05, 0) is 44.2 Å². The number of hydrogen-bond donors (Lipinski definition) is 1. The quantitative estimate of drug-likeness (QED) is 0.715. The van der Waals surface area contributed by atoms with Crippen LogP contribution in [0.15, 0.2) is 42.5 Å². The Morgan fingerprint density at radius 3 is 2.10 bits per heavy atom. The van der Waals surface area contributed by atoms with Crippen molar-refractivity contribution < 1.29 is 23.7 Å². The molecule has 0 spiro atoms. The van der Waals surface area contributed by atoms with Crippen LogP contribution in [0.4, 0.5) is 5.69 Å². The second-order valence-corrected chi connectivity index (χ2v) is 7.26. The maximum absolute atomic E-state index is 13.0. The topological polar surface area (TPSA) is 71.0 Å². The molecule has 154 valence electrons. The number of aromatic nitrogens is 1. The van der Waals surface area contributed by atoms with Crippen molar-refractivity contribution in [2.75, 3.05) is 31.7 Å². The number of benzene rings is 2. The third-order valence-corrected chi connectivity index (χ3v) is 5.26. The molecule has 7 nitrogen and oxygen atoms in total. The predicted molar refractivity (Wildman–Crippen MR) is 112 cm³/mol. The van der Waals surface area contributed by atoms with E-state index < -0.39 is 0 Å². The van der Waals surface area contributed by atoms with Crippen LogP contribution in [0.5, 0.6) is 23.0 Å². The fraction of sp³-hybridized carbons (Fsp3) is 0.261. The first-order chi connectivity index (χ1) is 14.6. The first-order valence-corrected chi connectivity index (χ1v) is 9.90. The van der Waals surface area contributed by atoms with Gasteiger partial charge in [0.1, 0.15) is 26.4 Å². The Hall–Kier alpha value is -3.61. The minimum Gasteiger partial charge on any atom is -0.486 e. The third-order valence-electron chi connectivity index (χ3n) is 5.26. The number of fused-ring (bicyclic) bond motifs is 2. The Labute approximate surface area is 174 Å². The monoisotopic (exact) mass is 406 g/mol. The molecule has 7 heteroatoms. The van der Waals surface area contributed by atoms with Crippen LogP contribution in [0.25, 0.3) is 5.69 Å². The van der Waals surface area contributed by atoms with Gasteiger partial charge in [-0.25, -0.2) is 0 Å². The Bertz CT molecular complexity index is 1130. The minimum absolute atomic E-state index is 0.177. The fourth-order valence-electron chi connectivity index (χ4n) is 3.88. The third kappa shape index (κ3) is 3.22. The van der Waals surface area contributed by atoms with E-state index in [1.165, 1.54) is 0 Å². The Kier molecular flexibility index (Phi) is 4.50. The second-order valence-electron chi connectivity index (χ2n) is 7.26. The van der Waals surface area contributed by atoms with Crippen molar-refractivity contribution in [2.45, 2.75) is 13.8 Å². The summed E-state index contributed by atoms with van der Waals surface area (Å²) in [4.78, 5) is 13.0. The summed E-state index contributed by atoms with van der Waals surface area (Å²) in [6, 6.07) is 13.1. The standard InChI is InChI=1S/C23H22N2O5/c1-14-11-18(23(26)24-16-3-5-19-21(12-16)29-9-7-27-19)15(2)25(14)17-4-6-20-22(13-17)30-10-8-28-20/h3-6,11-13H,7-10H2,1-2H3,(H,24,26). The summed E-state index contributed by atoms with van der Waals surface area (Å²) in [5.74, 6) is 2.61. The summed E-state index contributed by atoms with van der Waals surface area (Å²) in [6.07, 6.45) is 0. The lowest BCUT2D eigenvalue weighted by atomic mass is 10.2. The van der Waals surface area contributed by atoms with Crippen LogP contribution in [0.2, 0.25) is 0 Å². The largest absolute Gasteiger partial charge is 0.486 e. The van der Waals surface area contributed by atoms with Crippen LogP contribution >= 0.6 is 0 Å². The summed E-state index contributed by atoms with van der Waals surface area (Å²) in [6.45, 7) is 6.03. The Balaban J connectivity index is 1.43. The second kappa shape index (κ2) is 7.33. The molecule has 30 heavy (non-hydrogen) atoms. The number of hydrogen-bond acceptors (Lipinski definition) is 5. The van der Waals surface area contributed by atoms with E-state index in [1.807, 2.05) is 54.8 Å². The van der Waals surface area contributed by atoms with Crippen LogP contribution in [-0.2, 0) is 0 Å². The van der Waals surface area contributed by atoms with E-state index in [9.17, 15) is 4.79 Å². The first kappa shape index (κ1) is 18.4. The number of nitrogens with one attached hydrogen (secondary N) is 1. The average Bonchev–Trinajstić information content (AvgIpc) is 3.07. The number of aryl methyl sites for hydroxylation is 1. The van der Waals surface area contributed by atoms with E-state index in [0.717, 1.165) is 22.8 Å². The van der Waals surface area contributed by atoms with E-state index >= 15 is 0 Å². The number of amides is 1. The van der Waals surface area contributed by atoms with Crippen LogP contribution in [0.1, 0.15) is 21.7 Å². The smallest absolute Gasteiger partial charge is 0.257 e. The molecule has 0 bridgehead atoms. The number of ether oxygens (including phenoxy) is 4. The molecule has 5 rings (SSSR count). The highest BCUT2D eigenvalue weighted by atomic mass is 16.6. The van der Waals surface area contributed by atoms with E-state index in [2.05, 4.69) is 5.32 Å². The molecule has 0 atom stereocenters. The molecule has 3 aromatic rings. The normalized spacial score (nSPS) is 14.3. The SMILES string of the molecule is Cc1cc(C(=O)Nc2ccc3c(c2)OCCO3)c(C)n1-c1ccc2c(c1)OCCO2. The number of carbonyl (C=O) groups is 1. The van der Waals surface area contributed by atoms with Crippen molar-refractivity contribution in [3.05, 3.63) is 59.4 Å². The highest BCUT2D eigenvalue weighted by molar-refractivity contribution is 6.05. The van der Waals surface area contributed by atoms with Gasteiger partial charge in [-0.3, -0.25) is 4.79 Å². The molecule has 2 aliphatic rings. The molecular formula is C23H22N2O5. The van der Waals surface area contributed by atoms with Gasteiger partial charge in [-0.1, -0.05) is 0 Å². The van der Waals surface area contributed by atoms with Gasteiger partial charge in [0.2, 0.25) is 0 Å². The van der Waals surface area contributed by atoms with Crippen LogP contribution in [0.3, 0.4) is 0 Å². The fourth-order valence-corrected chi connectivity index (χ4v) is 3.88. The number of rotatable bonds is 3. The molecule has 0 radical (unpaired) electrons. The maximum Gasteiger partial charge on any atom is 0.257 e. The lowest BCUT2D eigenvalue weighted by Gasteiger charge is -2.20. The molecular weight excluding hydrogens is 384 g/mol. The average molecular weight is 406 g/mol. The number of carbonyl (C=O) groups excluding carboxylic acids is 1. The zero-order chi connectivity index (χ0) is 20.7. The molecule has 1 amide bonds. The summed E-state index contributed by atoms with van der Waals surface area (Å²) in [7, 11) is 0. The molecule has 0 aliphatic carbocycles. The Morgan fingerprint density at radius 1 is 0.800 bits per heavy atom. The van der Waals surface area contributed by atoms with Crippen molar-refractivity contribution in [3.63, 3.8) is 0 Å². The van der Waals surface area contributed by atoms with Crippen LogP contribution in [0, 0.1) is 13.8 Å². The minimum atomic E-state index is -0.177. The highest BCUT2D eigenvalue weighted by Gasteiger charge is 2.20. The molecule has 1 N–H and O–H groups in total. The number of nitrogens with zero attached hydrogens (tertiary/aromatic N) is 1. The maximum atomic E-state index is 13.0. The lowest BCUT2D eigenvalue weighted by Crippen LogP contribution is -2.17. The van der Waals surface area contributed by atoms with Crippen LogP contribution in [-0.4, -0.2) is 36.9 Å². The van der Waals surface area contributed by atoms with Gasteiger partial charge in [0, 0.05) is 34.9 Å². The lowest BCUT2D eigenvalue weighted by molar-refractivity contribution is 0.102. The molecule has 0 unspecified atom stereocenters.